The van der Waals surface area contributed by atoms with Crippen LogP contribution in [0.2, 0.25) is 0 Å². The average Bonchev–Trinajstić information content (AvgIpc) is 2.80. The van der Waals surface area contributed by atoms with E-state index in [2.05, 4.69) is 15.9 Å². The van der Waals surface area contributed by atoms with E-state index in [-0.39, 0.29) is 10.4 Å². The van der Waals surface area contributed by atoms with E-state index in [0.29, 0.717) is 10.0 Å². The molecule has 94 valence electrons. The standard InChI is InChI=1S/C12H8BrFO3S/c13-9-2-1-6(14)5-8(9)10(15)11-7(12(16)17)3-4-18-11/h1-5,10,15H,(H,16,17). The molecule has 1 heterocycles. The second kappa shape index (κ2) is 5.17. The van der Waals surface area contributed by atoms with Crippen LogP contribution < -0.4 is 0 Å². The molecule has 0 aliphatic heterocycles. The predicted molar refractivity (Wildman–Crippen MR) is 69.4 cm³/mol. The van der Waals surface area contributed by atoms with Gasteiger partial charge in [-0.05, 0) is 29.6 Å². The molecule has 6 heteroatoms. The summed E-state index contributed by atoms with van der Waals surface area (Å²) < 4.78 is 13.7. The molecular formula is C12H8BrFO3S. The zero-order chi connectivity index (χ0) is 13.3. The highest BCUT2D eigenvalue weighted by Gasteiger charge is 2.22. The summed E-state index contributed by atoms with van der Waals surface area (Å²) in [5.74, 6) is -1.60. The van der Waals surface area contributed by atoms with Gasteiger partial charge >= 0.3 is 5.97 Å². The van der Waals surface area contributed by atoms with Crippen LogP contribution in [0.4, 0.5) is 4.39 Å². The quantitative estimate of drug-likeness (QED) is 0.906. The zero-order valence-electron chi connectivity index (χ0n) is 8.93. The Morgan fingerprint density at radius 1 is 1.39 bits per heavy atom. The van der Waals surface area contributed by atoms with Crippen molar-refractivity contribution in [2.75, 3.05) is 0 Å². The number of hydrogen-bond acceptors (Lipinski definition) is 3. The van der Waals surface area contributed by atoms with Crippen LogP contribution in [0.1, 0.15) is 26.9 Å². The van der Waals surface area contributed by atoms with Gasteiger partial charge in [-0.1, -0.05) is 15.9 Å². The summed E-state index contributed by atoms with van der Waals surface area (Å²) in [6, 6.07) is 5.33. The lowest BCUT2D eigenvalue weighted by Gasteiger charge is -2.12. The van der Waals surface area contributed by atoms with E-state index < -0.39 is 17.9 Å². The lowest BCUT2D eigenvalue weighted by Crippen LogP contribution is -2.05. The zero-order valence-corrected chi connectivity index (χ0v) is 11.3. The van der Waals surface area contributed by atoms with Crippen LogP contribution in [-0.4, -0.2) is 16.2 Å². The summed E-state index contributed by atoms with van der Waals surface area (Å²) in [6.45, 7) is 0. The van der Waals surface area contributed by atoms with Crippen molar-refractivity contribution in [2.24, 2.45) is 0 Å². The number of aliphatic hydroxyl groups excluding tert-OH is 1. The lowest BCUT2D eigenvalue weighted by atomic mass is 10.1. The first kappa shape index (κ1) is 13.2. The Hall–Kier alpha value is -1.24. The molecule has 3 nitrogen and oxygen atoms in total. The molecule has 1 aromatic heterocycles. The second-order valence-corrected chi connectivity index (χ2v) is 5.37. The van der Waals surface area contributed by atoms with Crippen molar-refractivity contribution in [3.05, 3.63) is 55.9 Å². The molecule has 0 fully saturated rings. The molecule has 0 aliphatic rings. The van der Waals surface area contributed by atoms with Crippen LogP contribution in [0, 0.1) is 5.82 Å². The number of benzene rings is 1. The third-order valence-electron chi connectivity index (χ3n) is 2.43. The van der Waals surface area contributed by atoms with Gasteiger partial charge in [0.2, 0.25) is 0 Å². The Kier molecular flexibility index (Phi) is 3.79. The number of rotatable bonds is 3. The SMILES string of the molecule is O=C(O)c1ccsc1C(O)c1cc(F)ccc1Br. The Morgan fingerprint density at radius 2 is 2.11 bits per heavy atom. The van der Waals surface area contributed by atoms with Crippen LogP contribution in [0.5, 0.6) is 0 Å². The molecule has 1 aromatic carbocycles. The molecule has 0 amide bonds. The minimum Gasteiger partial charge on any atom is -0.478 e. The Bertz CT molecular complexity index is 597. The Balaban J connectivity index is 2.47. The summed E-state index contributed by atoms with van der Waals surface area (Å²) in [5, 5.41) is 20.7. The molecule has 18 heavy (non-hydrogen) atoms. The van der Waals surface area contributed by atoms with Gasteiger partial charge in [-0.2, -0.15) is 0 Å². The summed E-state index contributed by atoms with van der Waals surface area (Å²) in [5.41, 5.74) is 0.337. The first-order valence-corrected chi connectivity index (χ1v) is 6.61. The highest BCUT2D eigenvalue weighted by Crippen LogP contribution is 2.33. The summed E-state index contributed by atoms with van der Waals surface area (Å²) in [4.78, 5) is 11.3. The molecule has 0 radical (unpaired) electrons. The van der Waals surface area contributed by atoms with E-state index in [4.69, 9.17) is 5.11 Å². The molecule has 0 saturated heterocycles. The summed E-state index contributed by atoms with van der Waals surface area (Å²) in [6.07, 6.45) is -1.17. The normalized spacial score (nSPS) is 12.4. The fourth-order valence-electron chi connectivity index (χ4n) is 1.57. The molecule has 0 aliphatic carbocycles. The van der Waals surface area contributed by atoms with E-state index in [1.54, 1.807) is 5.38 Å². The van der Waals surface area contributed by atoms with Gasteiger partial charge < -0.3 is 10.2 Å². The van der Waals surface area contributed by atoms with Gasteiger partial charge in [0, 0.05) is 10.0 Å². The third-order valence-corrected chi connectivity index (χ3v) is 4.12. The van der Waals surface area contributed by atoms with Crippen molar-refractivity contribution in [3.8, 4) is 0 Å². The van der Waals surface area contributed by atoms with Crippen LogP contribution in [0.15, 0.2) is 34.1 Å². The lowest BCUT2D eigenvalue weighted by molar-refractivity contribution is 0.0692. The van der Waals surface area contributed by atoms with Gasteiger partial charge in [0.1, 0.15) is 11.9 Å². The van der Waals surface area contributed by atoms with E-state index in [1.165, 1.54) is 24.3 Å². The summed E-state index contributed by atoms with van der Waals surface area (Å²) in [7, 11) is 0. The smallest absolute Gasteiger partial charge is 0.336 e. The van der Waals surface area contributed by atoms with Gasteiger partial charge in [0.25, 0.3) is 0 Å². The van der Waals surface area contributed by atoms with Crippen LogP contribution >= 0.6 is 27.3 Å². The van der Waals surface area contributed by atoms with Crippen molar-refractivity contribution in [1.82, 2.24) is 0 Å². The van der Waals surface area contributed by atoms with Crippen LogP contribution in [0.3, 0.4) is 0 Å². The second-order valence-electron chi connectivity index (χ2n) is 3.57. The topological polar surface area (TPSA) is 57.5 Å². The highest BCUT2D eigenvalue weighted by atomic mass is 79.9. The van der Waals surface area contributed by atoms with Gasteiger partial charge in [0.05, 0.1) is 10.4 Å². The number of carbonyl (C=O) groups is 1. The van der Waals surface area contributed by atoms with Crippen LogP contribution in [0.25, 0.3) is 0 Å². The maximum Gasteiger partial charge on any atom is 0.336 e. The fraction of sp³-hybridized carbons (Fsp3) is 0.0833. The predicted octanol–water partition coefficient (Wildman–Crippen LogP) is 3.43. The molecular weight excluding hydrogens is 323 g/mol. The summed E-state index contributed by atoms with van der Waals surface area (Å²) >= 11 is 4.33. The molecule has 2 N–H and O–H groups in total. The number of carboxylic acid groups (broad SMARTS) is 1. The molecule has 0 bridgehead atoms. The Labute approximate surface area is 115 Å². The number of hydrogen-bond donors (Lipinski definition) is 2. The number of carboxylic acids is 1. The largest absolute Gasteiger partial charge is 0.478 e. The first-order valence-electron chi connectivity index (χ1n) is 4.94. The number of thiophene rings is 1. The highest BCUT2D eigenvalue weighted by molar-refractivity contribution is 9.10. The fourth-order valence-corrected chi connectivity index (χ4v) is 2.93. The minimum absolute atomic E-state index is 0.0312. The van der Waals surface area contributed by atoms with E-state index in [1.807, 2.05) is 0 Å². The first-order chi connectivity index (χ1) is 8.50. The molecule has 0 saturated carbocycles. The van der Waals surface area contributed by atoms with E-state index in [0.717, 1.165) is 11.3 Å². The third kappa shape index (κ3) is 2.45. The molecule has 0 spiro atoms. The monoisotopic (exact) mass is 330 g/mol. The Morgan fingerprint density at radius 3 is 2.78 bits per heavy atom. The maximum absolute atomic E-state index is 13.2. The molecule has 1 unspecified atom stereocenters. The number of aliphatic hydroxyl groups is 1. The van der Waals surface area contributed by atoms with Crippen molar-refractivity contribution in [3.63, 3.8) is 0 Å². The van der Waals surface area contributed by atoms with Gasteiger partial charge in [0.15, 0.2) is 0 Å². The minimum atomic E-state index is -1.17. The maximum atomic E-state index is 13.2. The van der Waals surface area contributed by atoms with Crippen molar-refractivity contribution < 1.29 is 19.4 Å². The van der Waals surface area contributed by atoms with Crippen LogP contribution in [-0.2, 0) is 0 Å². The average molecular weight is 331 g/mol. The van der Waals surface area contributed by atoms with Gasteiger partial charge in [-0.3, -0.25) is 0 Å². The number of halogens is 2. The molecule has 2 aromatic rings. The molecule has 1 atom stereocenters. The number of aromatic carboxylic acids is 1. The van der Waals surface area contributed by atoms with Crippen molar-refractivity contribution in [2.45, 2.75) is 6.10 Å². The van der Waals surface area contributed by atoms with Gasteiger partial charge in [-0.25, -0.2) is 9.18 Å². The van der Waals surface area contributed by atoms with Gasteiger partial charge in [-0.15, -0.1) is 11.3 Å². The molecule has 2 rings (SSSR count). The van der Waals surface area contributed by atoms with Crippen molar-refractivity contribution in [1.29, 1.82) is 0 Å². The van der Waals surface area contributed by atoms with Crippen molar-refractivity contribution >= 4 is 33.2 Å². The van der Waals surface area contributed by atoms with E-state index in [9.17, 15) is 14.3 Å². The van der Waals surface area contributed by atoms with E-state index >= 15 is 0 Å².